The van der Waals surface area contributed by atoms with Crippen molar-refractivity contribution in [3.05, 3.63) is 34.9 Å². The normalized spacial score (nSPS) is 18.6. The fourth-order valence-electron chi connectivity index (χ4n) is 4.46. The van der Waals surface area contributed by atoms with Crippen molar-refractivity contribution < 1.29 is 19.5 Å². The Balaban J connectivity index is 1.40. The van der Waals surface area contributed by atoms with E-state index < -0.39 is 6.04 Å². The number of nitrogens with one attached hydrogen (secondary N) is 1. The van der Waals surface area contributed by atoms with Crippen LogP contribution in [0.15, 0.2) is 18.2 Å². The van der Waals surface area contributed by atoms with Crippen molar-refractivity contribution >= 4 is 17.7 Å². The molecule has 3 amide bonds. The molecule has 1 saturated heterocycles. The Kier molecular flexibility index (Phi) is 8.43. The Morgan fingerprint density at radius 2 is 1.60 bits per heavy atom. The van der Waals surface area contributed by atoms with Crippen LogP contribution in [0.25, 0.3) is 0 Å². The van der Waals surface area contributed by atoms with Gasteiger partial charge >= 0.3 is 0 Å². The highest BCUT2D eigenvalue weighted by molar-refractivity contribution is 6.05. The second-order valence-electron chi connectivity index (χ2n) is 8.55. The van der Waals surface area contributed by atoms with Gasteiger partial charge in [0.2, 0.25) is 11.8 Å². The summed E-state index contributed by atoms with van der Waals surface area (Å²) in [6.45, 7) is 0.760. The van der Waals surface area contributed by atoms with Crippen LogP contribution in [0.3, 0.4) is 0 Å². The average molecular weight is 415 g/mol. The van der Waals surface area contributed by atoms with Crippen molar-refractivity contribution in [1.29, 1.82) is 0 Å². The third-order valence-corrected chi connectivity index (χ3v) is 6.21. The fourth-order valence-corrected chi connectivity index (χ4v) is 4.46. The molecule has 30 heavy (non-hydrogen) atoms. The third-order valence-electron chi connectivity index (χ3n) is 6.21. The summed E-state index contributed by atoms with van der Waals surface area (Å²) in [7, 11) is 0. The molecule has 3 rings (SSSR count). The first-order chi connectivity index (χ1) is 14.6. The molecule has 2 aliphatic rings. The van der Waals surface area contributed by atoms with Crippen LogP contribution in [0.1, 0.15) is 92.1 Å². The molecule has 2 heterocycles. The predicted octanol–water partition coefficient (Wildman–Crippen LogP) is 3.49. The molecule has 2 N–H and O–H groups in total. The summed E-state index contributed by atoms with van der Waals surface area (Å²) in [6, 6.07) is 5.49. The highest BCUT2D eigenvalue weighted by Crippen LogP contribution is 2.28. The molecule has 1 atom stereocenters. The van der Waals surface area contributed by atoms with E-state index in [0.717, 1.165) is 31.2 Å². The number of carbonyl (C=O) groups is 3. The van der Waals surface area contributed by atoms with Gasteiger partial charge in [-0.05, 0) is 42.9 Å². The number of carbonyl (C=O) groups excluding carboxylic acids is 3. The molecule has 0 bridgehead atoms. The molecule has 164 valence electrons. The number of imide groups is 1. The van der Waals surface area contributed by atoms with Gasteiger partial charge in [-0.1, -0.05) is 57.1 Å². The first-order valence-corrected chi connectivity index (χ1v) is 11.5. The summed E-state index contributed by atoms with van der Waals surface area (Å²) < 4.78 is 0. The van der Waals surface area contributed by atoms with Crippen LogP contribution in [0, 0.1) is 0 Å². The Labute approximate surface area is 179 Å². The Bertz CT molecular complexity index is 762. The zero-order valence-electron chi connectivity index (χ0n) is 17.8. The number of rotatable bonds is 12. The standard InChI is InChI=1S/C24H34N2O4/c27-15-9-7-5-3-1-2-4-6-8-10-18-11-12-20-19(16-18)17-26(24(20)30)21-13-14-22(28)25-23(21)29/h11-12,16,21,27H,1-10,13-15,17H2,(H,25,28,29). The maximum Gasteiger partial charge on any atom is 0.255 e. The van der Waals surface area contributed by atoms with Gasteiger partial charge in [0, 0.05) is 25.1 Å². The van der Waals surface area contributed by atoms with Crippen molar-refractivity contribution in [3.8, 4) is 0 Å². The zero-order chi connectivity index (χ0) is 21.3. The lowest BCUT2D eigenvalue weighted by Crippen LogP contribution is -2.52. The number of nitrogens with zero attached hydrogens (tertiary/aromatic N) is 1. The van der Waals surface area contributed by atoms with Gasteiger partial charge in [-0.15, -0.1) is 0 Å². The maximum atomic E-state index is 12.7. The third kappa shape index (κ3) is 5.91. The largest absolute Gasteiger partial charge is 0.396 e. The highest BCUT2D eigenvalue weighted by Gasteiger charge is 2.38. The van der Waals surface area contributed by atoms with Gasteiger partial charge in [0.15, 0.2) is 0 Å². The van der Waals surface area contributed by atoms with Crippen LogP contribution >= 0.6 is 0 Å². The summed E-state index contributed by atoms with van der Waals surface area (Å²) in [6.07, 6.45) is 12.4. The van der Waals surface area contributed by atoms with E-state index in [1.54, 1.807) is 4.90 Å². The van der Waals surface area contributed by atoms with Crippen LogP contribution in [0.5, 0.6) is 0 Å². The summed E-state index contributed by atoms with van der Waals surface area (Å²) in [5.41, 5.74) is 2.92. The van der Waals surface area contributed by atoms with Crippen LogP contribution in [0.2, 0.25) is 0 Å². The van der Waals surface area contributed by atoms with E-state index in [4.69, 9.17) is 5.11 Å². The number of fused-ring (bicyclic) bond motifs is 1. The molecule has 0 radical (unpaired) electrons. The lowest BCUT2D eigenvalue weighted by atomic mass is 10.0. The number of unbranched alkanes of at least 4 members (excludes halogenated alkanes) is 8. The quantitative estimate of drug-likeness (QED) is 0.405. The molecule has 1 aromatic rings. The maximum absolute atomic E-state index is 12.7. The van der Waals surface area contributed by atoms with Gasteiger partial charge in [-0.3, -0.25) is 19.7 Å². The van der Waals surface area contributed by atoms with E-state index in [9.17, 15) is 14.4 Å². The van der Waals surface area contributed by atoms with Gasteiger partial charge in [-0.25, -0.2) is 0 Å². The second-order valence-corrected chi connectivity index (χ2v) is 8.55. The van der Waals surface area contributed by atoms with Crippen LogP contribution in [0.4, 0.5) is 0 Å². The number of hydrogen-bond acceptors (Lipinski definition) is 4. The minimum Gasteiger partial charge on any atom is -0.396 e. The van der Waals surface area contributed by atoms with Crippen LogP contribution < -0.4 is 5.32 Å². The second kappa shape index (κ2) is 11.3. The molecule has 0 aliphatic carbocycles. The number of amides is 3. The zero-order valence-corrected chi connectivity index (χ0v) is 17.8. The number of piperidine rings is 1. The summed E-state index contributed by atoms with van der Waals surface area (Å²) in [4.78, 5) is 37.8. The van der Waals surface area contributed by atoms with Crippen molar-refractivity contribution in [3.63, 3.8) is 0 Å². The van der Waals surface area contributed by atoms with Crippen molar-refractivity contribution in [2.75, 3.05) is 6.61 Å². The topological polar surface area (TPSA) is 86.7 Å². The van der Waals surface area contributed by atoms with Crippen LogP contribution in [-0.4, -0.2) is 40.4 Å². The number of aryl methyl sites for hydroxylation is 1. The first kappa shape index (κ1) is 22.5. The average Bonchev–Trinajstić information content (AvgIpc) is 3.05. The van der Waals surface area contributed by atoms with E-state index in [-0.39, 0.29) is 24.1 Å². The lowest BCUT2D eigenvalue weighted by Gasteiger charge is -2.29. The molecule has 1 fully saturated rings. The molecule has 1 aromatic carbocycles. The van der Waals surface area contributed by atoms with Gasteiger partial charge < -0.3 is 10.0 Å². The van der Waals surface area contributed by atoms with Crippen molar-refractivity contribution in [2.45, 2.75) is 89.6 Å². The molecule has 0 saturated carbocycles. The highest BCUT2D eigenvalue weighted by atomic mass is 16.3. The first-order valence-electron chi connectivity index (χ1n) is 11.5. The summed E-state index contributed by atoms with van der Waals surface area (Å²) in [5.74, 6) is -0.726. The monoisotopic (exact) mass is 414 g/mol. The Morgan fingerprint density at radius 1 is 0.933 bits per heavy atom. The Morgan fingerprint density at radius 3 is 2.27 bits per heavy atom. The predicted molar refractivity (Wildman–Crippen MR) is 115 cm³/mol. The van der Waals surface area contributed by atoms with Gasteiger partial charge in [0.1, 0.15) is 6.04 Å². The number of aliphatic hydroxyl groups is 1. The summed E-state index contributed by atoms with van der Waals surface area (Å²) >= 11 is 0. The van der Waals surface area contributed by atoms with Gasteiger partial charge in [0.25, 0.3) is 5.91 Å². The number of aliphatic hydroxyl groups excluding tert-OH is 1. The molecular formula is C24H34N2O4. The minimum atomic E-state index is -0.547. The molecule has 6 heteroatoms. The molecule has 0 aromatic heterocycles. The fraction of sp³-hybridized carbons (Fsp3) is 0.625. The van der Waals surface area contributed by atoms with E-state index >= 15 is 0 Å². The molecular weight excluding hydrogens is 380 g/mol. The minimum absolute atomic E-state index is 0.106. The van der Waals surface area contributed by atoms with E-state index in [1.807, 2.05) is 12.1 Å². The van der Waals surface area contributed by atoms with E-state index in [1.165, 1.54) is 44.1 Å². The molecule has 6 nitrogen and oxygen atoms in total. The number of benzene rings is 1. The van der Waals surface area contributed by atoms with Crippen molar-refractivity contribution in [1.82, 2.24) is 10.2 Å². The lowest BCUT2D eigenvalue weighted by molar-refractivity contribution is -0.136. The Hall–Kier alpha value is -2.21. The summed E-state index contributed by atoms with van der Waals surface area (Å²) in [5, 5.41) is 11.1. The SMILES string of the molecule is O=C1CCC(N2Cc3cc(CCCCCCCCCCCO)ccc3C2=O)C(=O)N1. The van der Waals surface area contributed by atoms with Crippen LogP contribution in [-0.2, 0) is 22.6 Å². The smallest absolute Gasteiger partial charge is 0.255 e. The van der Waals surface area contributed by atoms with E-state index in [0.29, 0.717) is 25.1 Å². The molecule has 1 unspecified atom stereocenters. The molecule has 2 aliphatic heterocycles. The van der Waals surface area contributed by atoms with E-state index in [2.05, 4.69) is 11.4 Å². The van der Waals surface area contributed by atoms with Crippen molar-refractivity contribution in [2.24, 2.45) is 0 Å². The molecule has 0 spiro atoms. The van der Waals surface area contributed by atoms with Gasteiger partial charge in [-0.2, -0.15) is 0 Å². The number of hydrogen-bond donors (Lipinski definition) is 2. The van der Waals surface area contributed by atoms with Gasteiger partial charge in [0.05, 0.1) is 0 Å².